The van der Waals surface area contributed by atoms with Gasteiger partial charge in [-0.25, -0.2) is 0 Å². The molecule has 3 heteroatoms. The standard InChI is InChI=1S/C11H14O3/c1-9(2)10(3)4-5-6(7(10)12)11(5,9)8(13)14/h5-6H,4H2,1-3H3,(H,13,14). The van der Waals surface area contributed by atoms with E-state index < -0.39 is 11.4 Å². The Kier molecular flexibility index (Phi) is 1.00. The zero-order valence-corrected chi connectivity index (χ0v) is 8.63. The summed E-state index contributed by atoms with van der Waals surface area (Å²) in [6, 6.07) is 0. The van der Waals surface area contributed by atoms with Gasteiger partial charge in [-0.1, -0.05) is 20.8 Å². The van der Waals surface area contributed by atoms with Crippen LogP contribution in [-0.4, -0.2) is 16.9 Å². The third-order valence-corrected chi connectivity index (χ3v) is 5.59. The molecule has 4 saturated carbocycles. The predicted molar refractivity (Wildman–Crippen MR) is 48.6 cm³/mol. The summed E-state index contributed by atoms with van der Waals surface area (Å²) in [7, 11) is 0. The summed E-state index contributed by atoms with van der Waals surface area (Å²) in [5.74, 6) is -0.588. The number of Topliss-reactive ketones (excluding diaryl/α,β-unsaturated/α-hetero) is 1. The molecule has 76 valence electrons. The van der Waals surface area contributed by atoms with Crippen molar-refractivity contribution in [3.8, 4) is 0 Å². The molecule has 4 unspecified atom stereocenters. The van der Waals surface area contributed by atoms with Crippen LogP contribution in [0.2, 0.25) is 0 Å². The highest BCUT2D eigenvalue weighted by molar-refractivity contribution is 6.06. The minimum Gasteiger partial charge on any atom is -0.481 e. The van der Waals surface area contributed by atoms with Crippen LogP contribution in [0.3, 0.4) is 0 Å². The van der Waals surface area contributed by atoms with Crippen LogP contribution in [0.25, 0.3) is 0 Å². The van der Waals surface area contributed by atoms with E-state index in [1.165, 1.54) is 0 Å². The van der Waals surface area contributed by atoms with Gasteiger partial charge in [-0.2, -0.15) is 0 Å². The normalized spacial score (nSPS) is 56.4. The van der Waals surface area contributed by atoms with E-state index in [9.17, 15) is 14.7 Å². The fraction of sp³-hybridized carbons (Fsp3) is 0.818. The minimum atomic E-state index is -0.757. The van der Waals surface area contributed by atoms with Crippen molar-refractivity contribution in [3.63, 3.8) is 0 Å². The van der Waals surface area contributed by atoms with Crippen LogP contribution >= 0.6 is 0 Å². The van der Waals surface area contributed by atoms with E-state index in [0.29, 0.717) is 0 Å². The van der Waals surface area contributed by atoms with Gasteiger partial charge in [0, 0.05) is 11.3 Å². The molecule has 4 aliphatic rings. The van der Waals surface area contributed by atoms with Crippen molar-refractivity contribution in [2.75, 3.05) is 0 Å². The van der Waals surface area contributed by atoms with Gasteiger partial charge in [0.1, 0.15) is 5.78 Å². The van der Waals surface area contributed by atoms with Crippen molar-refractivity contribution in [2.45, 2.75) is 27.2 Å². The zero-order valence-electron chi connectivity index (χ0n) is 8.63. The number of hydrogen-bond acceptors (Lipinski definition) is 2. The molecule has 4 fully saturated rings. The highest BCUT2D eigenvalue weighted by atomic mass is 16.4. The van der Waals surface area contributed by atoms with Crippen LogP contribution in [0.1, 0.15) is 27.2 Å². The quantitative estimate of drug-likeness (QED) is 0.685. The molecular formula is C11H14O3. The van der Waals surface area contributed by atoms with Crippen LogP contribution in [0.5, 0.6) is 0 Å². The summed E-state index contributed by atoms with van der Waals surface area (Å²) < 4.78 is 0. The lowest BCUT2D eigenvalue weighted by Gasteiger charge is -2.35. The maximum Gasteiger partial charge on any atom is 0.311 e. The molecule has 4 atom stereocenters. The van der Waals surface area contributed by atoms with E-state index in [-0.39, 0.29) is 28.4 Å². The molecule has 4 bridgehead atoms. The smallest absolute Gasteiger partial charge is 0.311 e. The van der Waals surface area contributed by atoms with Crippen LogP contribution in [-0.2, 0) is 9.59 Å². The fourth-order valence-corrected chi connectivity index (χ4v) is 4.44. The Morgan fingerprint density at radius 1 is 1.43 bits per heavy atom. The van der Waals surface area contributed by atoms with Crippen molar-refractivity contribution in [2.24, 2.45) is 28.1 Å². The molecule has 0 heterocycles. The largest absolute Gasteiger partial charge is 0.481 e. The summed E-state index contributed by atoms with van der Waals surface area (Å²) in [6.07, 6.45) is 0.788. The van der Waals surface area contributed by atoms with Gasteiger partial charge in [0.05, 0.1) is 5.41 Å². The first-order valence-electron chi connectivity index (χ1n) is 5.09. The monoisotopic (exact) mass is 194 g/mol. The summed E-state index contributed by atoms with van der Waals surface area (Å²) >= 11 is 0. The number of carboxylic acid groups (broad SMARTS) is 1. The Hall–Kier alpha value is -0.860. The molecule has 1 N–H and O–H groups in total. The van der Waals surface area contributed by atoms with E-state index >= 15 is 0 Å². The molecule has 3 nitrogen and oxygen atoms in total. The second kappa shape index (κ2) is 1.66. The predicted octanol–water partition coefficient (Wildman–Crippen LogP) is 1.32. The summed E-state index contributed by atoms with van der Waals surface area (Å²) in [4.78, 5) is 23.3. The van der Waals surface area contributed by atoms with E-state index in [2.05, 4.69) is 0 Å². The molecule has 0 aromatic rings. The summed E-state index contributed by atoms with van der Waals surface area (Å²) in [5, 5.41) is 9.33. The molecule has 14 heavy (non-hydrogen) atoms. The fourth-order valence-electron chi connectivity index (χ4n) is 4.44. The van der Waals surface area contributed by atoms with E-state index in [1.54, 1.807) is 0 Å². The molecule has 4 rings (SSSR count). The lowest BCUT2D eigenvalue weighted by atomic mass is 9.66. The van der Waals surface area contributed by atoms with Gasteiger partial charge in [-0.3, -0.25) is 9.59 Å². The van der Waals surface area contributed by atoms with E-state index in [1.807, 2.05) is 20.8 Å². The van der Waals surface area contributed by atoms with Crippen LogP contribution in [0.15, 0.2) is 0 Å². The Balaban J connectivity index is 2.26. The average Bonchev–Trinajstić information content (AvgIpc) is 2.53. The lowest BCUT2D eigenvalue weighted by Crippen LogP contribution is -2.38. The molecule has 0 aliphatic heterocycles. The summed E-state index contributed by atoms with van der Waals surface area (Å²) in [6.45, 7) is 5.85. The van der Waals surface area contributed by atoms with E-state index in [0.717, 1.165) is 6.42 Å². The maximum absolute atomic E-state index is 12.0. The van der Waals surface area contributed by atoms with Gasteiger partial charge in [-0.15, -0.1) is 0 Å². The van der Waals surface area contributed by atoms with Crippen molar-refractivity contribution >= 4 is 11.8 Å². The van der Waals surface area contributed by atoms with Crippen molar-refractivity contribution in [3.05, 3.63) is 0 Å². The number of aliphatic carboxylic acids is 1. The molecule has 0 amide bonds. The van der Waals surface area contributed by atoms with Crippen molar-refractivity contribution in [1.82, 2.24) is 0 Å². The molecular weight excluding hydrogens is 180 g/mol. The maximum atomic E-state index is 12.0. The number of ketones is 1. The molecule has 0 aromatic heterocycles. The summed E-state index contributed by atoms with van der Waals surface area (Å²) in [5.41, 5.74) is -1.45. The molecule has 4 aliphatic carbocycles. The number of rotatable bonds is 1. The second-order valence-corrected chi connectivity index (χ2v) is 5.78. The molecule has 0 aromatic carbocycles. The first-order chi connectivity index (χ1) is 6.32. The molecule has 0 saturated heterocycles. The third-order valence-electron chi connectivity index (χ3n) is 5.59. The number of carbonyl (C=O) groups excluding carboxylic acids is 1. The van der Waals surface area contributed by atoms with Crippen molar-refractivity contribution < 1.29 is 14.7 Å². The molecule has 0 spiro atoms. The van der Waals surface area contributed by atoms with Crippen molar-refractivity contribution in [1.29, 1.82) is 0 Å². The highest BCUT2D eigenvalue weighted by Crippen LogP contribution is 2.88. The molecule has 0 radical (unpaired) electrons. The minimum absolute atomic E-state index is 0.132. The average molecular weight is 194 g/mol. The van der Waals surface area contributed by atoms with Gasteiger partial charge in [0.2, 0.25) is 0 Å². The van der Waals surface area contributed by atoms with Gasteiger partial charge < -0.3 is 5.11 Å². The van der Waals surface area contributed by atoms with Crippen LogP contribution < -0.4 is 0 Å². The van der Waals surface area contributed by atoms with Gasteiger partial charge in [0.25, 0.3) is 0 Å². The number of hydrogen-bond donors (Lipinski definition) is 1. The zero-order chi connectivity index (χ0) is 10.5. The Labute approximate surface area is 82.5 Å². The Morgan fingerprint density at radius 3 is 2.14 bits per heavy atom. The number of carboxylic acids is 1. The first kappa shape index (κ1) is 8.45. The highest BCUT2D eigenvalue weighted by Gasteiger charge is 2.94. The van der Waals surface area contributed by atoms with Gasteiger partial charge >= 0.3 is 5.97 Å². The van der Waals surface area contributed by atoms with Gasteiger partial charge in [-0.05, 0) is 17.8 Å². The Bertz CT molecular complexity index is 384. The number of carbonyl (C=O) groups is 2. The van der Waals surface area contributed by atoms with Crippen LogP contribution in [0, 0.1) is 28.1 Å². The first-order valence-corrected chi connectivity index (χ1v) is 5.09. The third kappa shape index (κ3) is 0.421. The lowest BCUT2D eigenvalue weighted by molar-refractivity contribution is -0.148. The van der Waals surface area contributed by atoms with Gasteiger partial charge in [0.15, 0.2) is 0 Å². The van der Waals surface area contributed by atoms with Crippen LogP contribution in [0.4, 0.5) is 0 Å². The Morgan fingerprint density at radius 2 is 2.00 bits per heavy atom. The second-order valence-electron chi connectivity index (χ2n) is 5.78. The topological polar surface area (TPSA) is 54.4 Å². The van der Waals surface area contributed by atoms with E-state index in [4.69, 9.17) is 0 Å². The SMILES string of the molecule is CC12CC3C(C1=O)C3(C(=O)O)C2(C)C.